The molecule has 0 aromatic heterocycles. The molecule has 0 spiro atoms. The van der Waals surface area contributed by atoms with Gasteiger partial charge in [0.15, 0.2) is 11.5 Å². The van der Waals surface area contributed by atoms with Crippen molar-refractivity contribution in [2.24, 2.45) is 0 Å². The van der Waals surface area contributed by atoms with Crippen molar-refractivity contribution in [3.8, 4) is 17.2 Å². The highest BCUT2D eigenvalue weighted by molar-refractivity contribution is 6.32. The minimum Gasteiger partial charge on any atom is -0.493 e. The van der Waals surface area contributed by atoms with Crippen LogP contribution in [0.4, 0.5) is 4.39 Å². The third kappa shape index (κ3) is 4.11. The van der Waals surface area contributed by atoms with Crippen LogP contribution >= 0.6 is 11.6 Å². The summed E-state index contributed by atoms with van der Waals surface area (Å²) in [7, 11) is 1.46. The van der Waals surface area contributed by atoms with E-state index < -0.39 is 0 Å². The van der Waals surface area contributed by atoms with Crippen molar-refractivity contribution in [1.82, 2.24) is 0 Å². The summed E-state index contributed by atoms with van der Waals surface area (Å²) in [6.07, 6.45) is 0.676. The Morgan fingerprint density at radius 2 is 1.82 bits per heavy atom. The van der Waals surface area contributed by atoms with Gasteiger partial charge in [-0.05, 0) is 36.4 Å². The molecule has 0 aliphatic heterocycles. The number of carbonyl (C=O) groups is 1. The number of methoxy groups -OCH3 is 1. The lowest BCUT2D eigenvalue weighted by molar-refractivity contribution is 0.112. The molecule has 0 bridgehead atoms. The van der Waals surface area contributed by atoms with Crippen molar-refractivity contribution < 1.29 is 23.4 Å². The van der Waals surface area contributed by atoms with Gasteiger partial charge in [-0.3, -0.25) is 4.79 Å². The molecular weight excluding hydrogens is 311 g/mol. The minimum atomic E-state index is -0.324. The lowest BCUT2D eigenvalue weighted by atomic mass is 10.2. The van der Waals surface area contributed by atoms with Gasteiger partial charge in [-0.1, -0.05) is 11.6 Å². The molecule has 0 saturated carbocycles. The van der Waals surface area contributed by atoms with E-state index in [4.69, 9.17) is 25.8 Å². The summed E-state index contributed by atoms with van der Waals surface area (Å²) in [5.74, 6) is 0.934. The van der Waals surface area contributed by atoms with Gasteiger partial charge in [0.05, 0.1) is 12.1 Å². The van der Waals surface area contributed by atoms with Crippen molar-refractivity contribution in [3.05, 3.63) is 52.8 Å². The molecule has 0 aliphatic carbocycles. The second-order valence-electron chi connectivity index (χ2n) is 4.30. The number of rotatable bonds is 7. The summed E-state index contributed by atoms with van der Waals surface area (Å²) in [6.45, 7) is 0.467. The lowest BCUT2D eigenvalue weighted by Crippen LogP contribution is -2.10. The SMILES string of the molecule is COc1cc(C=O)cc(Cl)c1OCCOc1ccc(F)cc1. The van der Waals surface area contributed by atoms with Gasteiger partial charge < -0.3 is 14.2 Å². The quantitative estimate of drug-likeness (QED) is 0.574. The highest BCUT2D eigenvalue weighted by Crippen LogP contribution is 2.35. The first kappa shape index (κ1) is 16.1. The van der Waals surface area contributed by atoms with Crippen LogP contribution in [0.15, 0.2) is 36.4 Å². The molecule has 0 fully saturated rings. The summed E-state index contributed by atoms with van der Waals surface area (Å²) in [5, 5.41) is 0.281. The molecule has 0 heterocycles. The van der Waals surface area contributed by atoms with Crippen molar-refractivity contribution in [2.75, 3.05) is 20.3 Å². The van der Waals surface area contributed by atoms with Crippen LogP contribution in [0, 0.1) is 5.82 Å². The third-order valence-corrected chi connectivity index (χ3v) is 3.08. The normalized spacial score (nSPS) is 10.1. The molecule has 0 atom stereocenters. The highest BCUT2D eigenvalue weighted by atomic mass is 35.5. The average molecular weight is 325 g/mol. The fraction of sp³-hybridized carbons (Fsp3) is 0.188. The van der Waals surface area contributed by atoms with E-state index in [1.54, 1.807) is 0 Å². The molecule has 0 amide bonds. The van der Waals surface area contributed by atoms with Gasteiger partial charge in [0.25, 0.3) is 0 Å². The Labute approximate surface area is 132 Å². The predicted octanol–water partition coefficient (Wildman–Crippen LogP) is 3.76. The van der Waals surface area contributed by atoms with Gasteiger partial charge in [-0.2, -0.15) is 0 Å². The average Bonchev–Trinajstić information content (AvgIpc) is 2.53. The minimum absolute atomic E-state index is 0.216. The topological polar surface area (TPSA) is 44.8 Å². The van der Waals surface area contributed by atoms with Crippen molar-refractivity contribution >= 4 is 17.9 Å². The Kier molecular flexibility index (Phi) is 5.61. The van der Waals surface area contributed by atoms with Crippen LogP contribution in [-0.2, 0) is 0 Å². The first-order chi connectivity index (χ1) is 10.6. The van der Waals surface area contributed by atoms with E-state index in [1.165, 1.54) is 43.5 Å². The second kappa shape index (κ2) is 7.66. The maximum Gasteiger partial charge on any atom is 0.179 e. The van der Waals surface area contributed by atoms with Crippen LogP contribution in [0.1, 0.15) is 10.4 Å². The zero-order valence-electron chi connectivity index (χ0n) is 11.8. The monoisotopic (exact) mass is 324 g/mol. The number of carbonyl (C=O) groups excluding carboxylic acids is 1. The van der Waals surface area contributed by atoms with Gasteiger partial charge >= 0.3 is 0 Å². The van der Waals surface area contributed by atoms with E-state index >= 15 is 0 Å². The maximum atomic E-state index is 12.8. The second-order valence-corrected chi connectivity index (χ2v) is 4.71. The van der Waals surface area contributed by atoms with Crippen LogP contribution in [0.2, 0.25) is 5.02 Å². The van der Waals surface area contributed by atoms with Gasteiger partial charge in [0.2, 0.25) is 0 Å². The Hall–Kier alpha value is -2.27. The zero-order valence-corrected chi connectivity index (χ0v) is 12.6. The van der Waals surface area contributed by atoms with Crippen LogP contribution in [-0.4, -0.2) is 26.6 Å². The van der Waals surface area contributed by atoms with E-state index in [0.29, 0.717) is 29.1 Å². The van der Waals surface area contributed by atoms with E-state index in [-0.39, 0.29) is 24.1 Å². The van der Waals surface area contributed by atoms with Crippen LogP contribution in [0.5, 0.6) is 17.2 Å². The first-order valence-electron chi connectivity index (χ1n) is 6.48. The van der Waals surface area contributed by atoms with E-state index in [9.17, 15) is 9.18 Å². The largest absolute Gasteiger partial charge is 0.493 e. The molecule has 0 N–H and O–H groups in total. The third-order valence-electron chi connectivity index (χ3n) is 2.80. The molecule has 6 heteroatoms. The van der Waals surface area contributed by atoms with Crippen molar-refractivity contribution in [3.63, 3.8) is 0 Å². The van der Waals surface area contributed by atoms with Gasteiger partial charge in [-0.15, -0.1) is 0 Å². The van der Waals surface area contributed by atoms with Gasteiger partial charge in [0, 0.05) is 5.56 Å². The number of ether oxygens (including phenoxy) is 3. The number of hydrogen-bond donors (Lipinski definition) is 0. The summed E-state index contributed by atoms with van der Waals surface area (Å²) < 4.78 is 28.8. The summed E-state index contributed by atoms with van der Waals surface area (Å²) >= 11 is 6.06. The smallest absolute Gasteiger partial charge is 0.179 e. The van der Waals surface area contributed by atoms with E-state index in [2.05, 4.69) is 0 Å². The van der Waals surface area contributed by atoms with Gasteiger partial charge in [-0.25, -0.2) is 4.39 Å². The molecule has 2 aromatic rings. The van der Waals surface area contributed by atoms with Crippen molar-refractivity contribution in [1.29, 1.82) is 0 Å². The fourth-order valence-electron chi connectivity index (χ4n) is 1.78. The molecule has 2 aromatic carbocycles. The Morgan fingerprint density at radius 3 is 2.45 bits per heavy atom. The summed E-state index contributed by atoms with van der Waals surface area (Å²) in [6, 6.07) is 8.72. The fourth-order valence-corrected chi connectivity index (χ4v) is 2.06. The standard InChI is InChI=1S/C16H14ClFO4/c1-20-15-9-11(10-19)8-14(17)16(15)22-7-6-21-13-4-2-12(18)3-5-13/h2-5,8-10H,6-7H2,1H3. The zero-order chi connectivity index (χ0) is 15.9. The molecule has 0 radical (unpaired) electrons. The number of aldehydes is 1. The summed E-state index contributed by atoms with van der Waals surface area (Å²) in [5.41, 5.74) is 0.400. The van der Waals surface area contributed by atoms with E-state index in [1.807, 2.05) is 0 Å². The molecule has 4 nitrogen and oxygen atoms in total. The Bertz CT molecular complexity index is 643. The molecular formula is C16H14ClFO4. The number of hydrogen-bond acceptors (Lipinski definition) is 4. The molecule has 2 rings (SSSR count). The molecule has 0 unspecified atom stereocenters. The number of benzene rings is 2. The Morgan fingerprint density at radius 1 is 1.14 bits per heavy atom. The van der Waals surface area contributed by atoms with Crippen LogP contribution in [0.25, 0.3) is 0 Å². The van der Waals surface area contributed by atoms with E-state index in [0.717, 1.165) is 0 Å². The molecule has 116 valence electrons. The first-order valence-corrected chi connectivity index (χ1v) is 6.85. The molecule has 0 aliphatic rings. The maximum absolute atomic E-state index is 12.8. The van der Waals surface area contributed by atoms with Crippen LogP contribution in [0.3, 0.4) is 0 Å². The van der Waals surface area contributed by atoms with Crippen LogP contribution < -0.4 is 14.2 Å². The lowest BCUT2D eigenvalue weighted by Gasteiger charge is -2.13. The van der Waals surface area contributed by atoms with Crippen molar-refractivity contribution in [2.45, 2.75) is 0 Å². The predicted molar refractivity (Wildman–Crippen MR) is 80.8 cm³/mol. The Balaban J connectivity index is 1.94. The molecule has 0 saturated heterocycles. The summed E-state index contributed by atoms with van der Waals surface area (Å²) in [4.78, 5) is 10.8. The number of halogens is 2. The molecule has 22 heavy (non-hydrogen) atoms. The van der Waals surface area contributed by atoms with Gasteiger partial charge in [0.1, 0.15) is 31.1 Å². The highest BCUT2D eigenvalue weighted by Gasteiger charge is 2.11.